The predicted octanol–water partition coefficient (Wildman–Crippen LogP) is 5.80. The minimum atomic E-state index is -0.655. The zero-order valence-electron chi connectivity index (χ0n) is 26.4. The second kappa shape index (κ2) is 15.5. The van der Waals surface area contributed by atoms with Gasteiger partial charge in [-0.15, -0.1) is 0 Å². The second-order valence-corrected chi connectivity index (χ2v) is 12.5. The van der Waals surface area contributed by atoms with E-state index in [0.29, 0.717) is 33.7 Å². The lowest BCUT2D eigenvalue weighted by Crippen LogP contribution is -3.00. The SMILES string of the molecule is CC[N+](CC)(CC)CC#Cc1cc(F)c(CSc2ncc(C(C)(C)c3ccc(Cl)c(OC)c3)n2-c2ccc(F)cc2)c(F)c1.[Cl-]. The Morgan fingerprint density at radius 2 is 1.58 bits per heavy atom. The third-order valence-corrected chi connectivity index (χ3v) is 9.77. The summed E-state index contributed by atoms with van der Waals surface area (Å²) in [5, 5.41) is 1.00. The van der Waals surface area contributed by atoms with E-state index in [2.05, 4.69) is 37.6 Å². The molecule has 1 heterocycles. The number of aromatic nitrogens is 2. The molecule has 0 unspecified atom stereocenters. The van der Waals surface area contributed by atoms with E-state index >= 15 is 8.78 Å². The first kappa shape index (κ1) is 36.4. The van der Waals surface area contributed by atoms with Crippen molar-refractivity contribution in [2.75, 3.05) is 33.3 Å². The highest BCUT2D eigenvalue weighted by Gasteiger charge is 2.30. The summed E-state index contributed by atoms with van der Waals surface area (Å²) in [5.41, 5.74) is 2.04. The lowest BCUT2D eigenvalue weighted by atomic mass is 9.81. The molecule has 0 aliphatic rings. The highest BCUT2D eigenvalue weighted by Crippen LogP contribution is 2.39. The van der Waals surface area contributed by atoms with Gasteiger partial charge in [-0.3, -0.25) is 4.57 Å². The molecule has 1 aromatic heterocycles. The Morgan fingerprint density at radius 3 is 2.16 bits per heavy atom. The molecule has 0 aliphatic carbocycles. The third-order valence-electron chi connectivity index (χ3n) is 8.47. The van der Waals surface area contributed by atoms with Crippen LogP contribution in [0.3, 0.4) is 0 Å². The maximum atomic E-state index is 15.2. The minimum absolute atomic E-state index is 0. The quantitative estimate of drug-likeness (QED) is 0.114. The first-order valence-corrected chi connectivity index (χ1v) is 16.0. The van der Waals surface area contributed by atoms with Crippen LogP contribution in [0.4, 0.5) is 13.2 Å². The Bertz CT molecular complexity index is 1640. The van der Waals surface area contributed by atoms with E-state index in [9.17, 15) is 4.39 Å². The highest BCUT2D eigenvalue weighted by atomic mass is 35.5. The fourth-order valence-electron chi connectivity index (χ4n) is 5.18. The summed E-state index contributed by atoms with van der Waals surface area (Å²) in [4.78, 5) is 4.65. The van der Waals surface area contributed by atoms with Crippen molar-refractivity contribution in [3.8, 4) is 23.3 Å². The molecule has 0 saturated carbocycles. The lowest BCUT2D eigenvalue weighted by Gasteiger charge is -2.33. The van der Waals surface area contributed by atoms with Crippen molar-refractivity contribution >= 4 is 23.4 Å². The maximum Gasteiger partial charge on any atom is 0.173 e. The fraction of sp³-hybridized carbons (Fsp3) is 0.343. The number of rotatable bonds is 11. The van der Waals surface area contributed by atoms with Crippen molar-refractivity contribution in [3.63, 3.8) is 0 Å². The van der Waals surface area contributed by atoms with Gasteiger partial charge in [-0.25, -0.2) is 18.2 Å². The van der Waals surface area contributed by atoms with Crippen LogP contribution in [0.25, 0.3) is 5.69 Å². The van der Waals surface area contributed by atoms with Crippen LogP contribution in [-0.4, -0.2) is 47.3 Å². The van der Waals surface area contributed by atoms with E-state index in [4.69, 9.17) is 16.3 Å². The van der Waals surface area contributed by atoms with Crippen LogP contribution in [0.5, 0.6) is 5.75 Å². The van der Waals surface area contributed by atoms with E-state index in [1.54, 1.807) is 31.5 Å². The van der Waals surface area contributed by atoms with Crippen LogP contribution in [0.15, 0.2) is 66.0 Å². The first-order chi connectivity index (χ1) is 21.0. The van der Waals surface area contributed by atoms with Gasteiger partial charge in [-0.05, 0) is 80.8 Å². The predicted molar refractivity (Wildman–Crippen MR) is 173 cm³/mol. The molecule has 0 radical (unpaired) electrons. The van der Waals surface area contributed by atoms with Gasteiger partial charge >= 0.3 is 0 Å². The van der Waals surface area contributed by atoms with Crippen molar-refractivity contribution in [3.05, 3.63) is 106 Å². The van der Waals surface area contributed by atoms with Crippen molar-refractivity contribution < 1.29 is 34.8 Å². The minimum Gasteiger partial charge on any atom is -1.00 e. The van der Waals surface area contributed by atoms with E-state index in [1.807, 2.05) is 30.5 Å². The molecule has 0 amide bonds. The van der Waals surface area contributed by atoms with Gasteiger partial charge < -0.3 is 21.6 Å². The highest BCUT2D eigenvalue weighted by molar-refractivity contribution is 7.98. The van der Waals surface area contributed by atoms with Crippen LogP contribution >= 0.6 is 23.4 Å². The van der Waals surface area contributed by atoms with Gasteiger partial charge in [-0.1, -0.05) is 49.2 Å². The summed E-state index contributed by atoms with van der Waals surface area (Å²) in [6.07, 6.45) is 1.74. The van der Waals surface area contributed by atoms with Gasteiger partial charge in [0.15, 0.2) is 5.16 Å². The van der Waals surface area contributed by atoms with Crippen LogP contribution in [0, 0.1) is 29.3 Å². The number of quaternary nitrogens is 1. The Morgan fingerprint density at radius 1 is 0.956 bits per heavy atom. The molecule has 0 bridgehead atoms. The molecule has 0 N–H and O–H groups in total. The van der Waals surface area contributed by atoms with Crippen LogP contribution in [0.1, 0.15) is 57.0 Å². The summed E-state index contributed by atoms with van der Waals surface area (Å²) < 4.78 is 52.5. The molecule has 0 spiro atoms. The van der Waals surface area contributed by atoms with Gasteiger partial charge in [0.1, 0.15) is 29.7 Å². The third kappa shape index (κ3) is 8.01. The largest absolute Gasteiger partial charge is 1.00 e. The number of imidazole rings is 1. The number of benzene rings is 3. The van der Waals surface area contributed by atoms with Crippen molar-refractivity contribution in [1.82, 2.24) is 9.55 Å². The molecule has 4 aromatic rings. The summed E-state index contributed by atoms with van der Waals surface area (Å²) in [7, 11) is 1.56. The van der Waals surface area contributed by atoms with Crippen LogP contribution in [-0.2, 0) is 11.2 Å². The van der Waals surface area contributed by atoms with Gasteiger partial charge in [0, 0.05) is 28.0 Å². The average Bonchev–Trinajstić information content (AvgIpc) is 3.44. The molecule has 3 aromatic carbocycles. The van der Waals surface area contributed by atoms with Crippen molar-refractivity contribution in [1.29, 1.82) is 0 Å². The van der Waals surface area contributed by atoms with Gasteiger partial charge in [-0.2, -0.15) is 0 Å². The fourth-order valence-corrected chi connectivity index (χ4v) is 6.38. The summed E-state index contributed by atoms with van der Waals surface area (Å²) in [5.74, 6) is 4.93. The Balaban J connectivity index is 0.00000552. The molecule has 0 fully saturated rings. The summed E-state index contributed by atoms with van der Waals surface area (Å²) in [6.45, 7) is 13.9. The summed E-state index contributed by atoms with van der Waals surface area (Å²) >= 11 is 7.48. The van der Waals surface area contributed by atoms with Gasteiger partial charge in [0.2, 0.25) is 0 Å². The average molecular weight is 677 g/mol. The second-order valence-electron chi connectivity index (χ2n) is 11.2. The number of methoxy groups -OCH3 is 1. The van der Waals surface area contributed by atoms with E-state index in [1.165, 1.54) is 36.0 Å². The van der Waals surface area contributed by atoms with Crippen molar-refractivity contribution in [2.45, 2.75) is 50.9 Å². The maximum absolute atomic E-state index is 15.2. The molecule has 4 rings (SSSR count). The molecule has 0 saturated heterocycles. The Hall–Kier alpha value is -3.09. The van der Waals surface area contributed by atoms with Gasteiger partial charge in [0.05, 0.1) is 43.7 Å². The number of hydrogen-bond donors (Lipinski definition) is 0. The Labute approximate surface area is 280 Å². The van der Waals surface area contributed by atoms with E-state index in [-0.39, 0.29) is 29.5 Å². The molecule has 10 heteroatoms. The molecule has 4 nitrogen and oxygen atoms in total. The topological polar surface area (TPSA) is 27.1 Å². The van der Waals surface area contributed by atoms with E-state index in [0.717, 1.165) is 35.4 Å². The molecular formula is C35H38Cl2F3N3OS. The lowest BCUT2D eigenvalue weighted by molar-refractivity contribution is -0.916. The molecule has 0 atom stereocenters. The normalized spacial score (nSPS) is 11.5. The zero-order chi connectivity index (χ0) is 32.1. The number of thioether (sulfide) groups is 1. The Kier molecular flexibility index (Phi) is 12.5. The zero-order valence-corrected chi connectivity index (χ0v) is 28.7. The monoisotopic (exact) mass is 675 g/mol. The van der Waals surface area contributed by atoms with Crippen LogP contribution in [0.2, 0.25) is 5.02 Å². The molecule has 0 aliphatic heterocycles. The number of ether oxygens (including phenoxy) is 1. The first-order valence-electron chi connectivity index (χ1n) is 14.6. The molecule has 45 heavy (non-hydrogen) atoms. The smallest absolute Gasteiger partial charge is 0.173 e. The summed E-state index contributed by atoms with van der Waals surface area (Å²) in [6, 6.07) is 14.2. The molecular weight excluding hydrogens is 638 g/mol. The van der Waals surface area contributed by atoms with E-state index < -0.39 is 17.0 Å². The van der Waals surface area contributed by atoms with Gasteiger partial charge in [0.25, 0.3) is 0 Å². The number of halogens is 5. The number of nitrogens with zero attached hydrogens (tertiary/aromatic N) is 3. The number of hydrogen-bond acceptors (Lipinski definition) is 3. The standard InChI is InChI=1S/C35H38ClF3N3OS.ClH/c1-7-42(8-2,9-3)18-10-11-24-19-30(38)28(31(39)20-24)23-44-34-40-22-33(41(34)27-15-13-26(37)14-16-27)35(4,5)25-12-17-29(36)32(21-25)43-6;/h12-17,19-22H,7-9,18,23H2,1-6H3;1H/q+1;/p-1. The van der Waals surface area contributed by atoms with Crippen molar-refractivity contribution in [2.24, 2.45) is 0 Å². The van der Waals surface area contributed by atoms with Crippen LogP contribution < -0.4 is 17.1 Å². The molecule has 240 valence electrons.